The van der Waals surface area contributed by atoms with Gasteiger partial charge in [0.15, 0.2) is 0 Å². The van der Waals surface area contributed by atoms with Crippen LogP contribution in [0.15, 0.2) is 0 Å². The summed E-state index contributed by atoms with van der Waals surface area (Å²) in [5.41, 5.74) is -0.818. The van der Waals surface area contributed by atoms with Crippen molar-refractivity contribution in [1.82, 2.24) is 10.6 Å². The van der Waals surface area contributed by atoms with Crippen molar-refractivity contribution in [2.75, 3.05) is 39.5 Å². The van der Waals surface area contributed by atoms with Gasteiger partial charge in [0.1, 0.15) is 0 Å². The molecule has 0 spiro atoms. The minimum Gasteiger partial charge on any atom is -0.388 e. The van der Waals surface area contributed by atoms with Gasteiger partial charge in [-0.05, 0) is 6.54 Å². The molecule has 2 fully saturated rings. The Hall–Kier alpha value is -0.690. The van der Waals surface area contributed by atoms with Crippen molar-refractivity contribution in [2.45, 2.75) is 31.4 Å². The first-order chi connectivity index (χ1) is 9.14. The highest BCUT2D eigenvalue weighted by molar-refractivity contribution is 5.80. The van der Waals surface area contributed by atoms with Gasteiger partial charge in [-0.15, -0.1) is 0 Å². The van der Waals surface area contributed by atoms with E-state index in [9.17, 15) is 9.90 Å². The molecule has 19 heavy (non-hydrogen) atoms. The average Bonchev–Trinajstić information content (AvgIpc) is 2.86. The molecular weight excluding hydrogens is 248 g/mol. The van der Waals surface area contributed by atoms with Gasteiger partial charge in [0, 0.05) is 38.6 Å². The maximum Gasteiger partial charge on any atom is 0.227 e. The van der Waals surface area contributed by atoms with E-state index in [2.05, 4.69) is 10.6 Å². The molecule has 2 aliphatic heterocycles. The van der Waals surface area contributed by atoms with Gasteiger partial charge < -0.3 is 25.2 Å². The van der Waals surface area contributed by atoms with Crippen molar-refractivity contribution in [3.05, 3.63) is 0 Å². The summed E-state index contributed by atoms with van der Waals surface area (Å²) in [4.78, 5) is 12.1. The highest BCUT2D eigenvalue weighted by Gasteiger charge is 2.35. The molecule has 110 valence electrons. The molecule has 0 aromatic heterocycles. The predicted octanol–water partition coefficient (Wildman–Crippen LogP) is -0.731. The van der Waals surface area contributed by atoms with E-state index in [0.717, 1.165) is 6.54 Å². The summed E-state index contributed by atoms with van der Waals surface area (Å²) in [6.07, 6.45) is 1.15. The van der Waals surface area contributed by atoms with E-state index in [1.807, 2.05) is 6.92 Å². The van der Waals surface area contributed by atoms with Crippen molar-refractivity contribution < 1.29 is 19.4 Å². The number of nitrogens with one attached hydrogen (secondary N) is 2. The third-order valence-corrected chi connectivity index (χ3v) is 3.90. The molecule has 6 nitrogen and oxygen atoms in total. The van der Waals surface area contributed by atoms with E-state index in [-0.39, 0.29) is 17.9 Å². The van der Waals surface area contributed by atoms with E-state index < -0.39 is 5.60 Å². The molecule has 0 aliphatic carbocycles. The van der Waals surface area contributed by atoms with Crippen LogP contribution in [0.2, 0.25) is 0 Å². The number of amides is 1. The molecule has 2 aliphatic rings. The zero-order chi connectivity index (χ0) is 13.7. The van der Waals surface area contributed by atoms with Crippen LogP contribution in [0.25, 0.3) is 0 Å². The average molecular weight is 272 g/mol. The Morgan fingerprint density at radius 2 is 2.05 bits per heavy atom. The Balaban J connectivity index is 1.80. The molecule has 6 heteroatoms. The van der Waals surface area contributed by atoms with Gasteiger partial charge in [0.25, 0.3) is 0 Å². The Bertz CT molecular complexity index is 305. The van der Waals surface area contributed by atoms with Crippen LogP contribution >= 0.6 is 0 Å². The number of ether oxygens (including phenoxy) is 2. The molecule has 0 aromatic rings. The van der Waals surface area contributed by atoms with Crippen LogP contribution < -0.4 is 10.6 Å². The molecular formula is C13H24N2O4. The Kier molecular flexibility index (Phi) is 5.15. The van der Waals surface area contributed by atoms with Gasteiger partial charge in [0.2, 0.25) is 5.91 Å². The molecule has 2 rings (SSSR count). The lowest BCUT2D eigenvalue weighted by Crippen LogP contribution is -2.50. The van der Waals surface area contributed by atoms with Gasteiger partial charge in [0.05, 0.1) is 24.7 Å². The van der Waals surface area contributed by atoms with Crippen LogP contribution in [0.4, 0.5) is 0 Å². The molecule has 2 heterocycles. The summed E-state index contributed by atoms with van der Waals surface area (Å²) < 4.78 is 10.6. The standard InChI is InChI=1S/C13H24N2O4/c1-2-14-11-8-19-7-10(11)12(16)15-9-13(17)3-5-18-6-4-13/h10-11,14,17H,2-9H2,1H3,(H,15,16). The van der Waals surface area contributed by atoms with Gasteiger partial charge >= 0.3 is 0 Å². The minimum absolute atomic E-state index is 0.0385. The summed E-state index contributed by atoms with van der Waals surface area (Å²) >= 11 is 0. The number of carbonyl (C=O) groups is 1. The van der Waals surface area contributed by atoms with Crippen LogP contribution in [0, 0.1) is 5.92 Å². The molecule has 0 bridgehead atoms. The van der Waals surface area contributed by atoms with Crippen LogP contribution in [-0.4, -0.2) is 62.2 Å². The number of hydrogen-bond acceptors (Lipinski definition) is 5. The lowest BCUT2D eigenvalue weighted by molar-refractivity contribution is -0.128. The molecule has 0 aromatic carbocycles. The zero-order valence-corrected chi connectivity index (χ0v) is 11.5. The van der Waals surface area contributed by atoms with E-state index in [0.29, 0.717) is 45.8 Å². The lowest BCUT2D eigenvalue weighted by atomic mass is 9.94. The summed E-state index contributed by atoms with van der Waals surface area (Å²) in [6, 6.07) is 0.0781. The first-order valence-electron chi connectivity index (χ1n) is 7.03. The SMILES string of the molecule is CCNC1COCC1C(=O)NCC1(O)CCOCC1. The van der Waals surface area contributed by atoms with Crippen LogP contribution in [-0.2, 0) is 14.3 Å². The van der Waals surface area contributed by atoms with Gasteiger partial charge in [-0.1, -0.05) is 6.92 Å². The molecule has 0 saturated carbocycles. The van der Waals surface area contributed by atoms with Gasteiger partial charge in [-0.2, -0.15) is 0 Å². The van der Waals surface area contributed by atoms with Crippen molar-refractivity contribution in [3.63, 3.8) is 0 Å². The fourth-order valence-corrected chi connectivity index (χ4v) is 2.59. The third kappa shape index (κ3) is 3.89. The van der Waals surface area contributed by atoms with Crippen molar-refractivity contribution in [3.8, 4) is 0 Å². The number of rotatable bonds is 5. The van der Waals surface area contributed by atoms with Crippen LogP contribution in [0.5, 0.6) is 0 Å². The highest BCUT2D eigenvalue weighted by Crippen LogP contribution is 2.20. The molecule has 3 N–H and O–H groups in total. The Morgan fingerprint density at radius 3 is 2.74 bits per heavy atom. The zero-order valence-electron chi connectivity index (χ0n) is 11.5. The molecule has 2 saturated heterocycles. The van der Waals surface area contributed by atoms with Crippen molar-refractivity contribution >= 4 is 5.91 Å². The van der Waals surface area contributed by atoms with E-state index in [1.54, 1.807) is 0 Å². The highest BCUT2D eigenvalue weighted by atomic mass is 16.5. The fraction of sp³-hybridized carbons (Fsp3) is 0.923. The molecule has 0 radical (unpaired) electrons. The summed E-state index contributed by atoms with van der Waals surface area (Å²) in [5.74, 6) is -0.202. The molecule has 2 atom stereocenters. The van der Waals surface area contributed by atoms with Crippen LogP contribution in [0.1, 0.15) is 19.8 Å². The fourth-order valence-electron chi connectivity index (χ4n) is 2.59. The normalized spacial score (nSPS) is 30.2. The maximum atomic E-state index is 12.1. The third-order valence-electron chi connectivity index (χ3n) is 3.90. The van der Waals surface area contributed by atoms with E-state index in [1.165, 1.54) is 0 Å². The first kappa shape index (κ1) is 14.7. The second-order valence-electron chi connectivity index (χ2n) is 5.36. The quantitative estimate of drug-likeness (QED) is 0.615. The molecule has 2 unspecified atom stereocenters. The number of aliphatic hydroxyl groups is 1. The Labute approximate surface area is 113 Å². The maximum absolute atomic E-state index is 12.1. The first-order valence-corrected chi connectivity index (χ1v) is 7.03. The second kappa shape index (κ2) is 6.65. The van der Waals surface area contributed by atoms with Crippen LogP contribution in [0.3, 0.4) is 0 Å². The van der Waals surface area contributed by atoms with E-state index >= 15 is 0 Å². The number of likely N-dealkylation sites (N-methyl/N-ethyl adjacent to an activating group) is 1. The predicted molar refractivity (Wildman–Crippen MR) is 69.8 cm³/mol. The number of carbonyl (C=O) groups excluding carboxylic acids is 1. The molecule has 1 amide bonds. The largest absolute Gasteiger partial charge is 0.388 e. The monoisotopic (exact) mass is 272 g/mol. The smallest absolute Gasteiger partial charge is 0.227 e. The van der Waals surface area contributed by atoms with Gasteiger partial charge in [-0.25, -0.2) is 0 Å². The summed E-state index contributed by atoms with van der Waals surface area (Å²) in [7, 11) is 0. The summed E-state index contributed by atoms with van der Waals surface area (Å²) in [5, 5.41) is 16.4. The minimum atomic E-state index is -0.818. The van der Waals surface area contributed by atoms with Crippen molar-refractivity contribution in [1.29, 1.82) is 0 Å². The topological polar surface area (TPSA) is 79.8 Å². The Morgan fingerprint density at radius 1 is 1.32 bits per heavy atom. The van der Waals surface area contributed by atoms with Gasteiger partial charge in [-0.3, -0.25) is 4.79 Å². The lowest BCUT2D eigenvalue weighted by Gasteiger charge is -2.32. The summed E-state index contributed by atoms with van der Waals surface area (Å²) in [6.45, 7) is 5.26. The number of hydrogen-bond donors (Lipinski definition) is 3. The second-order valence-corrected chi connectivity index (χ2v) is 5.36. The van der Waals surface area contributed by atoms with E-state index in [4.69, 9.17) is 9.47 Å². The van der Waals surface area contributed by atoms with Crippen molar-refractivity contribution in [2.24, 2.45) is 5.92 Å².